The van der Waals surface area contributed by atoms with Gasteiger partial charge in [-0.1, -0.05) is 0 Å². The van der Waals surface area contributed by atoms with Gasteiger partial charge in [0.2, 0.25) is 15.9 Å². The topological polar surface area (TPSA) is 87.3 Å². The highest BCUT2D eigenvalue weighted by Crippen LogP contribution is 2.18. The lowest BCUT2D eigenvalue weighted by molar-refractivity contribution is -0.114. The summed E-state index contributed by atoms with van der Waals surface area (Å²) >= 11 is 0. The first-order valence-electron chi connectivity index (χ1n) is 6.07. The number of hydrogen-bond acceptors (Lipinski definition) is 4. The Morgan fingerprint density at radius 3 is 2.42 bits per heavy atom. The molecule has 1 aromatic carbocycles. The van der Waals surface area contributed by atoms with Crippen LogP contribution in [-0.2, 0) is 14.8 Å². The van der Waals surface area contributed by atoms with Gasteiger partial charge in [-0.15, -0.1) is 0 Å². The largest absolute Gasteiger partial charge is 0.326 e. The van der Waals surface area contributed by atoms with Crippen molar-refractivity contribution in [2.45, 2.75) is 18.6 Å². The fraction of sp³-hybridized carbons (Fsp3) is 0.417. The molecule has 19 heavy (non-hydrogen) atoms. The van der Waals surface area contributed by atoms with Gasteiger partial charge in [-0.25, -0.2) is 8.42 Å². The van der Waals surface area contributed by atoms with Crippen LogP contribution in [0.3, 0.4) is 0 Å². The summed E-state index contributed by atoms with van der Waals surface area (Å²) in [7, 11) is -3.35. The third-order valence-electron chi connectivity index (χ3n) is 2.92. The van der Waals surface area contributed by atoms with Crippen molar-refractivity contribution in [3.63, 3.8) is 0 Å². The molecule has 1 heterocycles. The molecule has 1 aliphatic rings. The van der Waals surface area contributed by atoms with Gasteiger partial charge in [0, 0.05) is 24.8 Å². The van der Waals surface area contributed by atoms with E-state index in [0.717, 1.165) is 6.54 Å². The van der Waals surface area contributed by atoms with E-state index in [1.54, 1.807) is 24.3 Å². The predicted molar refractivity (Wildman–Crippen MR) is 74.6 cm³/mol. The highest BCUT2D eigenvalue weighted by molar-refractivity contribution is 7.93. The van der Waals surface area contributed by atoms with Crippen LogP contribution in [0.4, 0.5) is 11.4 Å². The van der Waals surface area contributed by atoms with Crippen LogP contribution in [0.2, 0.25) is 0 Å². The zero-order chi connectivity index (χ0) is 13.9. The molecule has 0 radical (unpaired) electrons. The molecule has 0 aromatic heterocycles. The number of carbonyl (C=O) groups excluding carboxylic acids is 1. The Morgan fingerprint density at radius 2 is 1.89 bits per heavy atom. The van der Waals surface area contributed by atoms with Crippen molar-refractivity contribution in [1.82, 2.24) is 5.32 Å². The number of rotatable bonds is 4. The van der Waals surface area contributed by atoms with E-state index in [1.165, 1.54) is 6.92 Å². The number of carbonyl (C=O) groups is 1. The monoisotopic (exact) mass is 283 g/mol. The van der Waals surface area contributed by atoms with Gasteiger partial charge < -0.3 is 10.6 Å². The second kappa shape index (κ2) is 5.58. The third kappa shape index (κ3) is 3.68. The summed E-state index contributed by atoms with van der Waals surface area (Å²) in [4.78, 5) is 10.9. The Kier molecular flexibility index (Phi) is 4.06. The van der Waals surface area contributed by atoms with E-state index < -0.39 is 10.0 Å². The number of benzene rings is 1. The summed E-state index contributed by atoms with van der Waals surface area (Å²) in [6, 6.07) is 6.58. The van der Waals surface area contributed by atoms with Crippen LogP contribution in [0, 0.1) is 0 Å². The maximum absolute atomic E-state index is 12.0. The molecule has 0 aliphatic carbocycles. The molecule has 1 amide bonds. The molecule has 1 aromatic rings. The Labute approximate surface area is 112 Å². The van der Waals surface area contributed by atoms with Crippen molar-refractivity contribution in [1.29, 1.82) is 0 Å². The average Bonchev–Trinajstić information content (AvgIpc) is 2.85. The highest BCUT2D eigenvalue weighted by atomic mass is 32.2. The van der Waals surface area contributed by atoms with Crippen molar-refractivity contribution in [3.05, 3.63) is 24.3 Å². The van der Waals surface area contributed by atoms with E-state index in [0.29, 0.717) is 24.3 Å². The summed E-state index contributed by atoms with van der Waals surface area (Å²) < 4.78 is 26.6. The maximum atomic E-state index is 12.0. The number of nitrogens with one attached hydrogen (secondary N) is 3. The molecule has 6 nitrogen and oxygen atoms in total. The van der Waals surface area contributed by atoms with E-state index in [4.69, 9.17) is 0 Å². The minimum absolute atomic E-state index is 0.162. The number of hydrogen-bond donors (Lipinski definition) is 3. The van der Waals surface area contributed by atoms with Gasteiger partial charge in [-0.05, 0) is 37.2 Å². The molecular formula is C12H17N3O3S. The molecule has 0 spiro atoms. The normalized spacial score (nSPS) is 19.1. The van der Waals surface area contributed by atoms with Crippen molar-refractivity contribution in [2.75, 3.05) is 23.1 Å². The Hall–Kier alpha value is -1.60. The highest BCUT2D eigenvalue weighted by Gasteiger charge is 2.28. The molecule has 104 valence electrons. The van der Waals surface area contributed by atoms with E-state index in [1.807, 2.05) is 0 Å². The van der Waals surface area contributed by atoms with Crippen LogP contribution in [0.25, 0.3) is 0 Å². The first kappa shape index (κ1) is 13.8. The minimum atomic E-state index is -3.35. The number of anilines is 2. The summed E-state index contributed by atoms with van der Waals surface area (Å²) in [5, 5.41) is 5.27. The maximum Gasteiger partial charge on any atom is 0.236 e. The lowest BCUT2D eigenvalue weighted by Gasteiger charge is -2.13. The number of amides is 1. The lowest BCUT2D eigenvalue weighted by atomic mass is 10.3. The molecule has 3 N–H and O–H groups in total. The van der Waals surface area contributed by atoms with Gasteiger partial charge in [0.1, 0.15) is 0 Å². The Morgan fingerprint density at radius 1 is 1.26 bits per heavy atom. The van der Waals surface area contributed by atoms with E-state index in [9.17, 15) is 13.2 Å². The lowest BCUT2D eigenvalue weighted by Crippen LogP contribution is -2.29. The molecule has 1 unspecified atom stereocenters. The van der Waals surface area contributed by atoms with Crippen LogP contribution < -0.4 is 15.4 Å². The SMILES string of the molecule is CC(=O)Nc1ccc(NS(=O)(=O)C2CCNC2)cc1. The van der Waals surface area contributed by atoms with Crippen LogP contribution >= 0.6 is 0 Å². The van der Waals surface area contributed by atoms with Crippen LogP contribution in [0.5, 0.6) is 0 Å². The molecule has 7 heteroatoms. The van der Waals surface area contributed by atoms with Gasteiger partial charge in [0.15, 0.2) is 0 Å². The predicted octanol–water partition coefficient (Wildman–Crippen LogP) is 0.749. The first-order chi connectivity index (χ1) is 8.97. The summed E-state index contributed by atoms with van der Waals surface area (Å²) in [6.45, 7) is 2.63. The Bertz CT molecular complexity index is 548. The second-order valence-electron chi connectivity index (χ2n) is 4.52. The van der Waals surface area contributed by atoms with Crippen LogP contribution in [0.1, 0.15) is 13.3 Å². The van der Waals surface area contributed by atoms with E-state index in [2.05, 4.69) is 15.4 Å². The Balaban J connectivity index is 2.04. The smallest absolute Gasteiger partial charge is 0.236 e. The third-order valence-corrected chi connectivity index (χ3v) is 4.72. The van der Waals surface area contributed by atoms with Gasteiger partial charge in [-0.3, -0.25) is 9.52 Å². The molecule has 1 fully saturated rings. The standard InChI is InChI=1S/C12H17N3O3S/c1-9(16)14-10-2-4-11(5-3-10)15-19(17,18)12-6-7-13-8-12/h2-5,12-13,15H,6-8H2,1H3,(H,14,16). The molecule has 0 bridgehead atoms. The van der Waals surface area contributed by atoms with Crippen molar-refractivity contribution < 1.29 is 13.2 Å². The zero-order valence-corrected chi connectivity index (χ0v) is 11.5. The van der Waals surface area contributed by atoms with E-state index in [-0.39, 0.29) is 11.2 Å². The summed E-state index contributed by atoms with van der Waals surface area (Å²) in [5.74, 6) is -0.162. The second-order valence-corrected chi connectivity index (χ2v) is 6.48. The molecule has 2 rings (SSSR count). The molecule has 1 atom stereocenters. The van der Waals surface area contributed by atoms with Crippen molar-refractivity contribution in [2.24, 2.45) is 0 Å². The van der Waals surface area contributed by atoms with Crippen molar-refractivity contribution >= 4 is 27.3 Å². The molecular weight excluding hydrogens is 266 g/mol. The van der Waals surface area contributed by atoms with E-state index >= 15 is 0 Å². The van der Waals surface area contributed by atoms with Crippen LogP contribution in [-0.4, -0.2) is 32.7 Å². The molecule has 0 saturated carbocycles. The summed E-state index contributed by atoms with van der Waals surface area (Å²) in [5.41, 5.74) is 1.14. The summed E-state index contributed by atoms with van der Waals surface area (Å²) in [6.07, 6.45) is 0.624. The zero-order valence-electron chi connectivity index (χ0n) is 10.6. The number of sulfonamides is 1. The average molecular weight is 283 g/mol. The van der Waals surface area contributed by atoms with Crippen molar-refractivity contribution in [3.8, 4) is 0 Å². The van der Waals surface area contributed by atoms with Gasteiger partial charge in [0.05, 0.1) is 5.25 Å². The van der Waals surface area contributed by atoms with Crippen LogP contribution in [0.15, 0.2) is 24.3 Å². The molecule has 1 aliphatic heterocycles. The first-order valence-corrected chi connectivity index (χ1v) is 7.62. The van der Waals surface area contributed by atoms with Gasteiger partial charge >= 0.3 is 0 Å². The molecule has 1 saturated heterocycles. The van der Waals surface area contributed by atoms with Gasteiger partial charge in [0.25, 0.3) is 0 Å². The quantitative estimate of drug-likeness (QED) is 0.761. The minimum Gasteiger partial charge on any atom is -0.326 e. The fourth-order valence-electron chi connectivity index (χ4n) is 1.97. The van der Waals surface area contributed by atoms with Gasteiger partial charge in [-0.2, -0.15) is 0 Å². The fourth-order valence-corrected chi connectivity index (χ4v) is 3.36.